The molecule has 0 fully saturated rings. The Balaban J connectivity index is 1.89. The Hall–Kier alpha value is -2.21. The zero-order chi connectivity index (χ0) is 16.6. The van der Waals surface area contributed by atoms with Gasteiger partial charge in [0.25, 0.3) is 11.8 Å². The lowest BCUT2D eigenvalue weighted by Gasteiger charge is -2.41. The molecule has 5 nitrogen and oxygen atoms in total. The van der Waals surface area contributed by atoms with Gasteiger partial charge in [-0.2, -0.15) is 4.99 Å². The molecule has 2 heterocycles. The fourth-order valence-electron chi connectivity index (χ4n) is 2.67. The molecular formula is C17H16BrN3O2. The third kappa shape index (κ3) is 2.86. The van der Waals surface area contributed by atoms with Crippen molar-refractivity contribution in [3.8, 4) is 0 Å². The highest BCUT2D eigenvalue weighted by atomic mass is 79.9. The first-order valence-corrected chi connectivity index (χ1v) is 8.03. The van der Waals surface area contributed by atoms with E-state index in [0.717, 1.165) is 10.0 Å². The van der Waals surface area contributed by atoms with Crippen molar-refractivity contribution in [1.29, 1.82) is 0 Å². The molecule has 23 heavy (non-hydrogen) atoms. The Kier molecular flexibility index (Phi) is 3.93. The molecule has 6 heteroatoms. The van der Waals surface area contributed by atoms with Gasteiger partial charge in [-0.3, -0.25) is 9.59 Å². The van der Waals surface area contributed by atoms with Gasteiger partial charge in [0.1, 0.15) is 11.4 Å². The maximum absolute atomic E-state index is 12.9. The Morgan fingerprint density at radius 1 is 1.39 bits per heavy atom. The van der Waals surface area contributed by atoms with Crippen molar-refractivity contribution < 1.29 is 9.59 Å². The number of nitrogens with one attached hydrogen (secondary N) is 1. The summed E-state index contributed by atoms with van der Waals surface area (Å²) in [6.45, 7) is 3.71. The van der Waals surface area contributed by atoms with E-state index in [9.17, 15) is 9.59 Å². The van der Waals surface area contributed by atoms with E-state index < -0.39 is 5.54 Å². The lowest BCUT2D eigenvalue weighted by molar-refractivity contribution is -0.130. The quantitative estimate of drug-likeness (QED) is 0.865. The number of hydrogen-bond donors (Lipinski definition) is 1. The maximum atomic E-state index is 12.9. The number of aliphatic imine (C=N–C) groups is 1. The molecule has 1 aromatic rings. The molecule has 2 amide bonds. The molecule has 118 valence electrons. The van der Waals surface area contributed by atoms with Gasteiger partial charge in [-0.05, 0) is 49.8 Å². The molecule has 0 radical (unpaired) electrons. The summed E-state index contributed by atoms with van der Waals surface area (Å²) < 4.78 is 0.980. The summed E-state index contributed by atoms with van der Waals surface area (Å²) in [7, 11) is 0. The van der Waals surface area contributed by atoms with Crippen LogP contribution >= 0.6 is 15.9 Å². The van der Waals surface area contributed by atoms with Gasteiger partial charge in [-0.1, -0.05) is 22.0 Å². The van der Waals surface area contributed by atoms with Crippen LogP contribution in [0.3, 0.4) is 0 Å². The number of nitrogens with zero attached hydrogens (tertiary/aromatic N) is 2. The molecule has 0 spiro atoms. The molecule has 2 aliphatic heterocycles. The molecule has 0 saturated heterocycles. The zero-order valence-corrected chi connectivity index (χ0v) is 14.4. The Morgan fingerprint density at radius 3 is 2.91 bits per heavy atom. The fraction of sp³-hybridized carbons (Fsp3) is 0.235. The van der Waals surface area contributed by atoms with Crippen molar-refractivity contribution in [2.24, 2.45) is 4.99 Å². The lowest BCUT2D eigenvalue weighted by Crippen LogP contribution is -2.58. The lowest BCUT2D eigenvalue weighted by atomic mass is 9.91. The molecule has 0 bridgehead atoms. The predicted octanol–water partition coefficient (Wildman–Crippen LogP) is 3.17. The smallest absolute Gasteiger partial charge is 0.250 e. The minimum atomic E-state index is -1.00. The monoisotopic (exact) mass is 373 g/mol. The topological polar surface area (TPSA) is 61.8 Å². The number of carbonyl (C=O) groups is 2. The number of anilines is 1. The summed E-state index contributed by atoms with van der Waals surface area (Å²) in [5.74, 6) is -0.0332. The van der Waals surface area contributed by atoms with E-state index >= 15 is 0 Å². The molecule has 1 N–H and O–H groups in total. The van der Waals surface area contributed by atoms with Crippen LogP contribution in [0.5, 0.6) is 0 Å². The van der Waals surface area contributed by atoms with Gasteiger partial charge in [0.2, 0.25) is 0 Å². The third-order valence-electron chi connectivity index (χ3n) is 4.01. The number of hydrogen-bond acceptors (Lipinski definition) is 3. The van der Waals surface area contributed by atoms with Crippen LogP contribution in [0.4, 0.5) is 5.69 Å². The molecule has 0 aromatic heterocycles. The van der Waals surface area contributed by atoms with Crippen LogP contribution < -0.4 is 5.32 Å². The first-order chi connectivity index (χ1) is 10.9. The molecule has 1 unspecified atom stereocenters. The number of fused-ring (bicyclic) bond motifs is 1. The average molecular weight is 374 g/mol. The SMILES string of the molecule is Cc1cc(NC(=O)C2(C)CC(=O)N=C3C=CC=CN32)ccc1Br. The van der Waals surface area contributed by atoms with E-state index in [1.54, 1.807) is 30.2 Å². The highest BCUT2D eigenvalue weighted by Gasteiger charge is 2.45. The molecular weight excluding hydrogens is 358 g/mol. The minimum Gasteiger partial charge on any atom is -0.324 e. The van der Waals surface area contributed by atoms with Crippen LogP contribution in [0.25, 0.3) is 0 Å². The second-order valence-electron chi connectivity index (χ2n) is 5.80. The van der Waals surface area contributed by atoms with Crippen LogP contribution in [0.2, 0.25) is 0 Å². The van der Waals surface area contributed by atoms with Gasteiger partial charge in [0.05, 0.1) is 6.42 Å². The minimum absolute atomic E-state index is 0.0377. The van der Waals surface area contributed by atoms with Crippen molar-refractivity contribution in [3.05, 3.63) is 52.7 Å². The summed E-state index contributed by atoms with van der Waals surface area (Å²) in [5, 5.41) is 2.91. The van der Waals surface area contributed by atoms with Gasteiger partial charge >= 0.3 is 0 Å². The molecule has 0 saturated carbocycles. The Labute approximate surface area is 142 Å². The molecule has 1 aromatic carbocycles. The first-order valence-electron chi connectivity index (χ1n) is 7.23. The fourth-order valence-corrected chi connectivity index (χ4v) is 2.91. The van der Waals surface area contributed by atoms with Crippen LogP contribution in [0.1, 0.15) is 18.9 Å². The van der Waals surface area contributed by atoms with Crippen molar-refractivity contribution in [2.45, 2.75) is 25.8 Å². The van der Waals surface area contributed by atoms with Crippen LogP contribution in [-0.2, 0) is 9.59 Å². The second kappa shape index (κ2) is 5.77. The summed E-state index contributed by atoms with van der Waals surface area (Å²) >= 11 is 3.44. The van der Waals surface area contributed by atoms with Gasteiger partial charge in [-0.15, -0.1) is 0 Å². The van der Waals surface area contributed by atoms with E-state index in [1.165, 1.54) is 0 Å². The largest absolute Gasteiger partial charge is 0.324 e. The molecule has 3 rings (SSSR count). The van der Waals surface area contributed by atoms with Crippen molar-refractivity contribution in [3.63, 3.8) is 0 Å². The van der Waals surface area contributed by atoms with Gasteiger partial charge < -0.3 is 10.2 Å². The molecule has 1 atom stereocenters. The maximum Gasteiger partial charge on any atom is 0.250 e. The third-order valence-corrected chi connectivity index (χ3v) is 4.90. The van der Waals surface area contributed by atoms with Gasteiger partial charge in [0, 0.05) is 16.4 Å². The number of amides is 2. The van der Waals surface area contributed by atoms with E-state index in [2.05, 4.69) is 26.2 Å². The Bertz CT molecular complexity index is 782. The molecule has 0 aliphatic carbocycles. The molecule has 2 aliphatic rings. The van der Waals surface area contributed by atoms with Gasteiger partial charge in [0.15, 0.2) is 0 Å². The highest BCUT2D eigenvalue weighted by Crippen LogP contribution is 2.30. The summed E-state index contributed by atoms with van der Waals surface area (Å²) in [4.78, 5) is 30.5. The number of amidine groups is 1. The number of allylic oxidation sites excluding steroid dienone is 2. The van der Waals surface area contributed by atoms with Crippen LogP contribution in [-0.4, -0.2) is 28.1 Å². The summed E-state index contributed by atoms with van der Waals surface area (Å²) in [5.41, 5.74) is 0.719. The summed E-state index contributed by atoms with van der Waals surface area (Å²) in [6.07, 6.45) is 7.16. The Morgan fingerprint density at radius 2 is 2.17 bits per heavy atom. The normalized spacial score (nSPS) is 22.7. The van der Waals surface area contributed by atoms with Crippen LogP contribution in [0, 0.1) is 6.92 Å². The number of rotatable bonds is 2. The van der Waals surface area contributed by atoms with Crippen molar-refractivity contribution in [1.82, 2.24) is 4.90 Å². The van der Waals surface area contributed by atoms with E-state index in [-0.39, 0.29) is 18.2 Å². The number of halogens is 1. The van der Waals surface area contributed by atoms with Crippen LogP contribution in [0.15, 0.2) is 52.1 Å². The van der Waals surface area contributed by atoms with E-state index in [0.29, 0.717) is 11.5 Å². The standard InChI is InChI=1S/C17H16BrN3O2/c1-11-9-12(6-7-13(11)18)19-16(23)17(2)10-15(22)20-14-5-3-4-8-21(14)17/h3-9H,10H2,1-2H3,(H,19,23). The van der Waals surface area contributed by atoms with Gasteiger partial charge in [-0.25, -0.2) is 0 Å². The second-order valence-corrected chi connectivity index (χ2v) is 6.66. The van der Waals surface area contributed by atoms with E-state index in [1.807, 2.05) is 31.2 Å². The number of aryl methyl sites for hydroxylation is 1. The van der Waals surface area contributed by atoms with E-state index in [4.69, 9.17) is 0 Å². The zero-order valence-electron chi connectivity index (χ0n) is 12.8. The predicted molar refractivity (Wildman–Crippen MR) is 93.1 cm³/mol. The highest BCUT2D eigenvalue weighted by molar-refractivity contribution is 9.10. The van der Waals surface area contributed by atoms with Crippen molar-refractivity contribution >= 4 is 39.3 Å². The number of benzene rings is 1. The average Bonchev–Trinajstić information content (AvgIpc) is 2.50. The first kappa shape index (κ1) is 15.7. The summed E-state index contributed by atoms with van der Waals surface area (Å²) in [6, 6.07) is 5.59. The number of carbonyl (C=O) groups excluding carboxylic acids is 2. The van der Waals surface area contributed by atoms with Crippen molar-refractivity contribution in [2.75, 3.05) is 5.32 Å².